The van der Waals surface area contributed by atoms with Gasteiger partial charge in [-0.2, -0.15) is 0 Å². The number of β-lactam (4-membered cyclic amide) rings is 1. The zero-order valence-corrected chi connectivity index (χ0v) is 21.9. The number of carbonyl (C=O) groups is 4. The SMILES string of the molecule is CC(=CS(=O)CCC(=O)OC(C)(C)C)C1C(NC(=O)Cc2cccc(Br)c2)C(=O)N1CC(=O)O. The van der Waals surface area contributed by atoms with E-state index < -0.39 is 58.8 Å². The van der Waals surface area contributed by atoms with Crippen LogP contribution in [0.25, 0.3) is 0 Å². The number of carboxylic acids is 1. The van der Waals surface area contributed by atoms with Gasteiger partial charge in [0.05, 0.1) is 18.9 Å². The Morgan fingerprint density at radius 1 is 1.29 bits per heavy atom. The third-order valence-corrected chi connectivity index (χ3v) is 6.52. The fourth-order valence-corrected chi connectivity index (χ4v) is 4.98. The molecule has 0 aliphatic carbocycles. The molecule has 0 saturated carbocycles. The van der Waals surface area contributed by atoms with Gasteiger partial charge in [0.25, 0.3) is 0 Å². The quantitative estimate of drug-likeness (QED) is 0.333. The molecule has 34 heavy (non-hydrogen) atoms. The highest BCUT2D eigenvalue weighted by Gasteiger charge is 2.49. The molecule has 1 aromatic carbocycles. The van der Waals surface area contributed by atoms with Crippen molar-refractivity contribution in [3.05, 3.63) is 45.3 Å². The number of rotatable bonds is 10. The lowest BCUT2D eigenvalue weighted by Crippen LogP contribution is -2.71. The zero-order valence-electron chi connectivity index (χ0n) is 19.5. The van der Waals surface area contributed by atoms with Gasteiger partial charge in [-0.15, -0.1) is 0 Å². The minimum Gasteiger partial charge on any atom is -0.480 e. The van der Waals surface area contributed by atoms with Crippen molar-refractivity contribution in [1.82, 2.24) is 10.2 Å². The summed E-state index contributed by atoms with van der Waals surface area (Å²) in [5, 5.41) is 13.2. The molecule has 186 valence electrons. The van der Waals surface area contributed by atoms with Gasteiger partial charge in [-0.25, -0.2) is 0 Å². The van der Waals surface area contributed by atoms with Crippen LogP contribution in [0, 0.1) is 0 Å². The number of nitrogens with one attached hydrogen (secondary N) is 1. The molecule has 2 rings (SSSR count). The number of amides is 2. The van der Waals surface area contributed by atoms with Crippen LogP contribution >= 0.6 is 15.9 Å². The summed E-state index contributed by atoms with van der Waals surface area (Å²) in [6.45, 7) is 6.28. The molecule has 0 spiro atoms. The lowest BCUT2D eigenvalue weighted by atomic mass is 9.89. The van der Waals surface area contributed by atoms with Crippen LogP contribution in [0.3, 0.4) is 0 Å². The van der Waals surface area contributed by atoms with E-state index in [1.54, 1.807) is 45.9 Å². The van der Waals surface area contributed by atoms with Gasteiger partial charge in [-0.3, -0.25) is 23.4 Å². The molecule has 1 aromatic rings. The second kappa shape index (κ2) is 11.7. The van der Waals surface area contributed by atoms with E-state index in [4.69, 9.17) is 9.84 Å². The maximum absolute atomic E-state index is 12.6. The first-order chi connectivity index (χ1) is 15.8. The van der Waals surface area contributed by atoms with Crippen LogP contribution in [0.2, 0.25) is 0 Å². The minimum atomic E-state index is -1.55. The molecule has 11 heteroatoms. The van der Waals surface area contributed by atoms with E-state index in [9.17, 15) is 23.4 Å². The van der Waals surface area contributed by atoms with E-state index in [0.29, 0.717) is 5.57 Å². The summed E-state index contributed by atoms with van der Waals surface area (Å²) in [6, 6.07) is 5.47. The first kappa shape index (κ1) is 27.7. The Hall–Kier alpha value is -2.53. The summed E-state index contributed by atoms with van der Waals surface area (Å²) < 4.78 is 18.5. The van der Waals surface area contributed by atoms with Crippen molar-refractivity contribution in [2.75, 3.05) is 12.3 Å². The summed E-state index contributed by atoms with van der Waals surface area (Å²) in [4.78, 5) is 49.3. The Labute approximate surface area is 209 Å². The molecular formula is C23H29BrN2O7S. The highest BCUT2D eigenvalue weighted by Crippen LogP contribution is 2.27. The van der Waals surface area contributed by atoms with E-state index in [1.165, 1.54) is 5.41 Å². The molecule has 0 bridgehead atoms. The molecule has 2 N–H and O–H groups in total. The van der Waals surface area contributed by atoms with Gasteiger partial charge in [-0.1, -0.05) is 28.1 Å². The van der Waals surface area contributed by atoms with Gasteiger partial charge in [0.2, 0.25) is 11.8 Å². The number of benzene rings is 1. The molecule has 3 atom stereocenters. The molecule has 9 nitrogen and oxygen atoms in total. The molecular weight excluding hydrogens is 528 g/mol. The number of aliphatic carboxylic acids is 1. The van der Waals surface area contributed by atoms with E-state index >= 15 is 0 Å². The number of carboxylic acid groups (broad SMARTS) is 1. The molecule has 0 aromatic heterocycles. The Balaban J connectivity index is 2.07. The number of esters is 1. The van der Waals surface area contributed by atoms with E-state index in [0.717, 1.165) is 14.9 Å². The summed E-state index contributed by atoms with van der Waals surface area (Å²) in [6.07, 6.45) is -0.0116. The van der Waals surface area contributed by atoms with Crippen LogP contribution in [-0.2, 0) is 41.1 Å². The first-order valence-corrected chi connectivity index (χ1v) is 12.8. The molecule has 1 heterocycles. The largest absolute Gasteiger partial charge is 0.480 e. The van der Waals surface area contributed by atoms with Crippen LogP contribution in [0.4, 0.5) is 0 Å². The third kappa shape index (κ3) is 8.35. The van der Waals surface area contributed by atoms with Crippen LogP contribution in [0.1, 0.15) is 39.7 Å². The maximum Gasteiger partial charge on any atom is 0.323 e. The van der Waals surface area contributed by atoms with Crippen molar-refractivity contribution in [3.8, 4) is 0 Å². The number of hydrogen-bond donors (Lipinski definition) is 2. The second-order valence-electron chi connectivity index (χ2n) is 8.94. The van der Waals surface area contributed by atoms with E-state index in [1.807, 2.05) is 6.07 Å². The summed E-state index contributed by atoms with van der Waals surface area (Å²) in [7, 11) is -1.55. The van der Waals surface area contributed by atoms with E-state index in [2.05, 4.69) is 21.2 Å². The summed E-state index contributed by atoms with van der Waals surface area (Å²) in [5.41, 5.74) is 0.569. The fourth-order valence-electron chi connectivity index (χ4n) is 3.49. The molecule has 1 saturated heterocycles. The number of halogens is 1. The van der Waals surface area contributed by atoms with Crippen LogP contribution in [0.15, 0.2) is 39.7 Å². The van der Waals surface area contributed by atoms with Crippen LogP contribution < -0.4 is 5.32 Å². The highest BCUT2D eigenvalue weighted by atomic mass is 79.9. The van der Waals surface area contributed by atoms with Crippen molar-refractivity contribution in [3.63, 3.8) is 0 Å². The lowest BCUT2D eigenvalue weighted by molar-refractivity contribution is -0.157. The van der Waals surface area contributed by atoms with Crippen LogP contribution in [-0.4, -0.2) is 68.0 Å². The monoisotopic (exact) mass is 556 g/mol. The highest BCUT2D eigenvalue weighted by molar-refractivity contribution is 9.10. The summed E-state index contributed by atoms with van der Waals surface area (Å²) >= 11 is 3.34. The standard InChI is InChI=1S/C23H29BrN2O7S/c1-14(13-34(32)9-8-19(30)33-23(2,3)4)21-20(22(31)26(21)12-18(28)29)25-17(27)11-15-6-5-7-16(24)10-15/h5-7,10,13,20-21H,8-9,11-12H2,1-4H3,(H,25,27)(H,28,29). The molecule has 1 fully saturated rings. The number of carbonyl (C=O) groups excluding carboxylic acids is 3. The second-order valence-corrected chi connectivity index (χ2v) is 11.3. The molecule has 3 unspecified atom stereocenters. The summed E-state index contributed by atoms with van der Waals surface area (Å²) in [5.74, 6) is -2.57. The van der Waals surface area contributed by atoms with Crippen molar-refractivity contribution in [2.24, 2.45) is 0 Å². The average molecular weight is 557 g/mol. The molecule has 1 aliphatic rings. The maximum atomic E-state index is 12.6. The first-order valence-electron chi connectivity index (χ1n) is 10.6. The van der Waals surface area contributed by atoms with Gasteiger partial charge in [-0.05, 0) is 51.0 Å². The predicted octanol–water partition coefficient (Wildman–Crippen LogP) is 2.16. The van der Waals surface area contributed by atoms with Crippen molar-refractivity contribution in [2.45, 2.75) is 58.2 Å². The number of hydrogen-bond acceptors (Lipinski definition) is 6. The van der Waals surface area contributed by atoms with Gasteiger partial charge in [0.15, 0.2) is 0 Å². The van der Waals surface area contributed by atoms with Gasteiger partial charge in [0, 0.05) is 26.4 Å². The fraction of sp³-hybridized carbons (Fsp3) is 0.478. The van der Waals surface area contributed by atoms with Crippen molar-refractivity contribution >= 4 is 50.5 Å². The molecule has 0 radical (unpaired) electrons. The number of nitrogens with zero attached hydrogens (tertiary/aromatic N) is 1. The van der Waals surface area contributed by atoms with Crippen molar-refractivity contribution < 1.29 is 33.2 Å². The third-order valence-electron chi connectivity index (χ3n) is 4.79. The topological polar surface area (TPSA) is 130 Å². The lowest BCUT2D eigenvalue weighted by Gasteiger charge is -2.47. The Kier molecular flexibility index (Phi) is 9.57. The van der Waals surface area contributed by atoms with E-state index in [-0.39, 0.29) is 18.6 Å². The Morgan fingerprint density at radius 2 is 1.97 bits per heavy atom. The minimum absolute atomic E-state index is 0.0196. The van der Waals surface area contributed by atoms with Gasteiger partial charge < -0.3 is 20.1 Å². The number of ether oxygens (including phenoxy) is 1. The Morgan fingerprint density at radius 3 is 2.56 bits per heavy atom. The Bertz CT molecular complexity index is 1020. The zero-order chi connectivity index (χ0) is 25.6. The normalized spacial score (nSPS) is 19.3. The van der Waals surface area contributed by atoms with Gasteiger partial charge in [0.1, 0.15) is 18.2 Å². The van der Waals surface area contributed by atoms with Crippen LogP contribution in [0.5, 0.6) is 0 Å². The smallest absolute Gasteiger partial charge is 0.323 e. The predicted molar refractivity (Wildman–Crippen MR) is 130 cm³/mol. The number of likely N-dealkylation sites (tertiary alicyclic amines) is 1. The van der Waals surface area contributed by atoms with Crippen molar-refractivity contribution in [1.29, 1.82) is 0 Å². The van der Waals surface area contributed by atoms with Gasteiger partial charge >= 0.3 is 11.9 Å². The molecule has 1 aliphatic heterocycles. The average Bonchev–Trinajstić information content (AvgIpc) is 2.69. The molecule has 2 amide bonds.